The lowest BCUT2D eigenvalue weighted by atomic mass is 10.2. The fourth-order valence-electron chi connectivity index (χ4n) is 2.46. The Kier molecular flexibility index (Phi) is 5.96. The first-order valence-corrected chi connectivity index (χ1v) is 8.90. The van der Waals surface area contributed by atoms with Gasteiger partial charge in [0.1, 0.15) is 18.1 Å². The van der Waals surface area contributed by atoms with Crippen LogP contribution in [0.15, 0.2) is 59.0 Å². The van der Waals surface area contributed by atoms with Gasteiger partial charge in [0.05, 0.1) is 15.6 Å². The van der Waals surface area contributed by atoms with Gasteiger partial charge in [-0.2, -0.15) is 0 Å². The summed E-state index contributed by atoms with van der Waals surface area (Å²) in [5.41, 5.74) is 1.16. The highest BCUT2D eigenvalue weighted by Crippen LogP contribution is 2.27. The smallest absolute Gasteiger partial charge is 0.291 e. The zero-order valence-corrected chi connectivity index (χ0v) is 15.7. The standard InChI is InChI=1S/C20H17ClN2O5/c1-2-13-3-6-15(7-4-13)27-12-16-8-10-19(28-16)20(24)22-18-11-14(23(25)26)5-9-17(18)21/h3-11H,2,12H2,1H3,(H,22,24). The quantitative estimate of drug-likeness (QED) is 0.432. The number of nitrogens with zero attached hydrogens (tertiary/aromatic N) is 1. The molecule has 1 amide bonds. The van der Waals surface area contributed by atoms with E-state index >= 15 is 0 Å². The van der Waals surface area contributed by atoms with Gasteiger partial charge >= 0.3 is 0 Å². The van der Waals surface area contributed by atoms with Gasteiger partial charge in [-0.15, -0.1) is 0 Å². The number of hydrogen-bond acceptors (Lipinski definition) is 5. The van der Waals surface area contributed by atoms with Gasteiger partial charge in [0.2, 0.25) is 0 Å². The van der Waals surface area contributed by atoms with E-state index < -0.39 is 10.8 Å². The molecule has 0 aliphatic rings. The summed E-state index contributed by atoms with van der Waals surface area (Å²) in [6.07, 6.45) is 0.950. The van der Waals surface area contributed by atoms with Crippen molar-refractivity contribution < 1.29 is 18.9 Å². The van der Waals surface area contributed by atoms with E-state index in [1.165, 1.54) is 29.8 Å². The number of carbonyl (C=O) groups excluding carboxylic acids is 1. The molecule has 1 heterocycles. The summed E-state index contributed by atoms with van der Waals surface area (Å²) < 4.78 is 11.1. The number of amides is 1. The first-order valence-electron chi connectivity index (χ1n) is 8.52. The summed E-state index contributed by atoms with van der Waals surface area (Å²) in [6.45, 7) is 2.24. The van der Waals surface area contributed by atoms with Crippen molar-refractivity contribution in [2.24, 2.45) is 0 Å². The minimum atomic E-state index is -0.569. The van der Waals surface area contributed by atoms with Gasteiger partial charge in [-0.05, 0) is 42.3 Å². The number of furan rings is 1. The van der Waals surface area contributed by atoms with Crippen LogP contribution < -0.4 is 10.1 Å². The number of nitro groups is 1. The summed E-state index contributed by atoms with van der Waals surface area (Å²) in [6, 6.07) is 14.6. The van der Waals surface area contributed by atoms with Crippen molar-refractivity contribution >= 4 is 28.9 Å². The molecular weight excluding hydrogens is 384 g/mol. The monoisotopic (exact) mass is 400 g/mol. The van der Waals surface area contributed by atoms with Crippen molar-refractivity contribution in [3.8, 4) is 5.75 Å². The summed E-state index contributed by atoms with van der Waals surface area (Å²) in [5, 5.41) is 13.6. The molecule has 28 heavy (non-hydrogen) atoms. The van der Waals surface area contributed by atoms with Crippen molar-refractivity contribution in [1.82, 2.24) is 0 Å². The maximum atomic E-state index is 12.3. The predicted molar refractivity (Wildman–Crippen MR) is 105 cm³/mol. The Morgan fingerprint density at radius 3 is 2.61 bits per heavy atom. The van der Waals surface area contributed by atoms with E-state index in [0.29, 0.717) is 11.5 Å². The molecule has 7 nitrogen and oxygen atoms in total. The number of halogens is 1. The molecular formula is C20H17ClN2O5. The number of benzene rings is 2. The minimum Gasteiger partial charge on any atom is -0.486 e. The van der Waals surface area contributed by atoms with Crippen LogP contribution in [0.1, 0.15) is 28.8 Å². The number of nitro benzene ring substituents is 1. The number of aryl methyl sites for hydroxylation is 1. The van der Waals surface area contributed by atoms with Crippen LogP contribution in [-0.2, 0) is 13.0 Å². The zero-order chi connectivity index (χ0) is 20.1. The molecule has 0 saturated heterocycles. The van der Waals surface area contributed by atoms with Crippen molar-refractivity contribution in [3.63, 3.8) is 0 Å². The summed E-state index contributed by atoms with van der Waals surface area (Å²) in [5.74, 6) is 0.640. The molecule has 0 bridgehead atoms. The third-order valence-electron chi connectivity index (χ3n) is 4.01. The van der Waals surface area contributed by atoms with E-state index in [1.54, 1.807) is 6.07 Å². The number of ether oxygens (including phenoxy) is 1. The number of anilines is 1. The van der Waals surface area contributed by atoms with Gasteiger partial charge in [0, 0.05) is 12.1 Å². The Morgan fingerprint density at radius 2 is 1.93 bits per heavy atom. The van der Waals surface area contributed by atoms with E-state index in [2.05, 4.69) is 12.2 Å². The highest BCUT2D eigenvalue weighted by Gasteiger charge is 2.16. The Labute approximate surface area is 166 Å². The maximum absolute atomic E-state index is 12.3. The van der Waals surface area contributed by atoms with Crippen molar-refractivity contribution in [3.05, 3.63) is 86.8 Å². The first-order chi connectivity index (χ1) is 13.5. The van der Waals surface area contributed by atoms with Crippen molar-refractivity contribution in [2.45, 2.75) is 20.0 Å². The van der Waals surface area contributed by atoms with Crippen LogP contribution in [0.5, 0.6) is 5.75 Å². The van der Waals surface area contributed by atoms with Crippen molar-refractivity contribution in [1.29, 1.82) is 0 Å². The van der Waals surface area contributed by atoms with Gasteiger partial charge in [-0.25, -0.2) is 0 Å². The Bertz CT molecular complexity index is 998. The SMILES string of the molecule is CCc1ccc(OCc2ccc(C(=O)Nc3cc([N+](=O)[O-])ccc3Cl)o2)cc1. The number of non-ortho nitro benzene ring substituents is 1. The van der Waals surface area contributed by atoms with Crippen LogP contribution in [0.2, 0.25) is 5.02 Å². The second-order valence-electron chi connectivity index (χ2n) is 5.93. The van der Waals surface area contributed by atoms with E-state index in [-0.39, 0.29) is 28.8 Å². The largest absolute Gasteiger partial charge is 0.486 e. The second kappa shape index (κ2) is 8.58. The fraction of sp³-hybridized carbons (Fsp3) is 0.150. The summed E-state index contributed by atoms with van der Waals surface area (Å²) in [4.78, 5) is 22.6. The maximum Gasteiger partial charge on any atom is 0.291 e. The molecule has 0 fully saturated rings. The molecule has 3 aromatic rings. The number of carbonyl (C=O) groups is 1. The molecule has 0 radical (unpaired) electrons. The van der Waals surface area contributed by atoms with Crippen LogP contribution in [0.25, 0.3) is 0 Å². The second-order valence-corrected chi connectivity index (χ2v) is 6.33. The molecule has 8 heteroatoms. The minimum absolute atomic E-state index is 0.0440. The molecule has 3 rings (SSSR count). The van der Waals surface area contributed by atoms with Gasteiger partial charge in [0.25, 0.3) is 11.6 Å². The zero-order valence-electron chi connectivity index (χ0n) is 15.0. The third-order valence-corrected chi connectivity index (χ3v) is 4.34. The van der Waals surface area contributed by atoms with E-state index in [9.17, 15) is 14.9 Å². The average molecular weight is 401 g/mol. The van der Waals surface area contributed by atoms with Crippen LogP contribution in [-0.4, -0.2) is 10.8 Å². The van der Waals surface area contributed by atoms with Crippen molar-refractivity contribution in [2.75, 3.05) is 5.32 Å². The van der Waals surface area contributed by atoms with Crippen LogP contribution in [0.4, 0.5) is 11.4 Å². The average Bonchev–Trinajstić information content (AvgIpc) is 3.17. The summed E-state index contributed by atoms with van der Waals surface area (Å²) in [7, 11) is 0. The van der Waals surface area contributed by atoms with Crippen LogP contribution in [0, 0.1) is 10.1 Å². The molecule has 0 saturated carbocycles. The van der Waals surface area contributed by atoms with Gasteiger partial charge in [0.15, 0.2) is 5.76 Å². The van der Waals surface area contributed by atoms with E-state index in [4.69, 9.17) is 20.8 Å². The molecule has 0 aliphatic carbocycles. The Morgan fingerprint density at radius 1 is 1.18 bits per heavy atom. The molecule has 0 aliphatic heterocycles. The predicted octanol–water partition coefficient (Wildman–Crippen LogP) is 5.23. The Balaban J connectivity index is 1.63. The number of hydrogen-bond donors (Lipinski definition) is 1. The molecule has 0 atom stereocenters. The molecule has 0 unspecified atom stereocenters. The molecule has 1 N–H and O–H groups in total. The molecule has 1 aromatic heterocycles. The number of nitrogens with one attached hydrogen (secondary N) is 1. The van der Waals surface area contributed by atoms with E-state index in [0.717, 1.165) is 6.42 Å². The van der Waals surface area contributed by atoms with Gasteiger partial charge in [-0.3, -0.25) is 14.9 Å². The highest BCUT2D eigenvalue weighted by molar-refractivity contribution is 6.34. The molecule has 144 valence electrons. The van der Waals surface area contributed by atoms with E-state index in [1.807, 2.05) is 24.3 Å². The van der Waals surface area contributed by atoms with Gasteiger partial charge in [-0.1, -0.05) is 30.7 Å². The number of rotatable bonds is 7. The Hall–Kier alpha value is -3.32. The first kappa shape index (κ1) is 19.4. The lowest BCUT2D eigenvalue weighted by Gasteiger charge is -2.06. The molecule has 2 aromatic carbocycles. The fourth-order valence-corrected chi connectivity index (χ4v) is 2.62. The normalized spacial score (nSPS) is 10.5. The van der Waals surface area contributed by atoms with Crippen LogP contribution >= 0.6 is 11.6 Å². The third kappa shape index (κ3) is 4.69. The molecule has 0 spiro atoms. The van der Waals surface area contributed by atoms with Gasteiger partial charge < -0.3 is 14.5 Å². The lowest BCUT2D eigenvalue weighted by Crippen LogP contribution is -2.11. The lowest BCUT2D eigenvalue weighted by molar-refractivity contribution is -0.384. The summed E-state index contributed by atoms with van der Waals surface area (Å²) >= 11 is 5.99. The topological polar surface area (TPSA) is 94.6 Å². The highest BCUT2D eigenvalue weighted by atomic mass is 35.5. The van der Waals surface area contributed by atoms with Crippen LogP contribution in [0.3, 0.4) is 0 Å².